The third-order valence-corrected chi connectivity index (χ3v) is 3.54. The van der Waals surface area contributed by atoms with Gasteiger partial charge in [0, 0.05) is 26.2 Å². The van der Waals surface area contributed by atoms with Gasteiger partial charge in [0.1, 0.15) is 5.75 Å². The average molecular weight is 260 g/mol. The fourth-order valence-electron chi connectivity index (χ4n) is 2.26. The molecular weight excluding hydrogens is 236 g/mol. The second-order valence-electron chi connectivity index (χ2n) is 5.15. The van der Waals surface area contributed by atoms with Gasteiger partial charge in [-0.25, -0.2) is 0 Å². The van der Waals surface area contributed by atoms with Gasteiger partial charge in [0.05, 0.1) is 6.61 Å². The maximum absolute atomic E-state index is 5.76. The Balaban J connectivity index is 1.66. The second kappa shape index (κ2) is 7.31. The highest BCUT2D eigenvalue weighted by molar-refractivity contribution is 5.28. The molecule has 0 aromatic heterocycles. The third-order valence-electron chi connectivity index (χ3n) is 3.54. The van der Waals surface area contributed by atoms with E-state index in [1.807, 2.05) is 24.3 Å². The molecule has 1 heterocycles. The first-order chi connectivity index (χ1) is 9.28. The van der Waals surface area contributed by atoms with Gasteiger partial charge < -0.3 is 10.5 Å². The number of nitrogens with two attached hydrogens (primary N) is 1. The molecule has 0 amide bonds. The molecule has 3 nitrogen and oxygen atoms in total. The van der Waals surface area contributed by atoms with E-state index in [0.717, 1.165) is 37.4 Å². The molecule has 0 spiro atoms. The van der Waals surface area contributed by atoms with Crippen molar-refractivity contribution >= 4 is 0 Å². The van der Waals surface area contributed by atoms with E-state index < -0.39 is 0 Å². The molecule has 0 fully saturated rings. The zero-order valence-electron chi connectivity index (χ0n) is 11.8. The van der Waals surface area contributed by atoms with Crippen LogP contribution in [0.4, 0.5) is 0 Å². The van der Waals surface area contributed by atoms with Crippen LogP contribution in [0.5, 0.6) is 5.75 Å². The van der Waals surface area contributed by atoms with Crippen LogP contribution in [-0.4, -0.2) is 31.1 Å². The summed E-state index contributed by atoms with van der Waals surface area (Å²) in [6.07, 6.45) is 4.61. The van der Waals surface area contributed by atoms with E-state index in [2.05, 4.69) is 17.9 Å². The number of nitrogens with zero attached hydrogens (tertiary/aromatic N) is 1. The van der Waals surface area contributed by atoms with E-state index >= 15 is 0 Å². The SMILES string of the molecule is CC1=CCN(CCCOc2cccc(CN)c2)CC1. The summed E-state index contributed by atoms with van der Waals surface area (Å²) in [6.45, 7) is 6.94. The molecule has 1 aliphatic heterocycles. The highest BCUT2D eigenvalue weighted by atomic mass is 16.5. The van der Waals surface area contributed by atoms with E-state index in [9.17, 15) is 0 Å². The first-order valence-corrected chi connectivity index (χ1v) is 7.08. The molecule has 0 saturated heterocycles. The van der Waals surface area contributed by atoms with Crippen molar-refractivity contribution in [1.82, 2.24) is 4.90 Å². The highest BCUT2D eigenvalue weighted by Crippen LogP contribution is 2.13. The Morgan fingerprint density at radius 1 is 1.37 bits per heavy atom. The molecular formula is C16H24N2O. The number of benzene rings is 1. The highest BCUT2D eigenvalue weighted by Gasteiger charge is 2.08. The van der Waals surface area contributed by atoms with Crippen molar-refractivity contribution in [3.05, 3.63) is 41.5 Å². The lowest BCUT2D eigenvalue weighted by Gasteiger charge is -2.25. The first kappa shape index (κ1) is 14.1. The molecule has 1 aromatic carbocycles. The smallest absolute Gasteiger partial charge is 0.119 e. The van der Waals surface area contributed by atoms with E-state index in [1.165, 1.54) is 18.5 Å². The molecule has 0 unspecified atom stereocenters. The third kappa shape index (κ3) is 4.69. The molecule has 1 aliphatic rings. The van der Waals surface area contributed by atoms with Crippen LogP contribution < -0.4 is 10.5 Å². The predicted octanol–water partition coefficient (Wildman–Crippen LogP) is 2.57. The van der Waals surface area contributed by atoms with Gasteiger partial charge in [-0.15, -0.1) is 0 Å². The van der Waals surface area contributed by atoms with Crippen molar-refractivity contribution in [3.8, 4) is 5.75 Å². The fraction of sp³-hybridized carbons (Fsp3) is 0.500. The Kier molecular flexibility index (Phi) is 5.43. The summed E-state index contributed by atoms with van der Waals surface area (Å²) in [5.74, 6) is 0.928. The first-order valence-electron chi connectivity index (χ1n) is 7.08. The van der Waals surface area contributed by atoms with Gasteiger partial charge in [0.25, 0.3) is 0 Å². The number of hydrogen-bond acceptors (Lipinski definition) is 3. The largest absolute Gasteiger partial charge is 0.494 e. The zero-order chi connectivity index (χ0) is 13.5. The quantitative estimate of drug-likeness (QED) is 0.631. The molecule has 2 N–H and O–H groups in total. The normalized spacial score (nSPS) is 16.2. The van der Waals surface area contributed by atoms with Crippen LogP contribution in [0.3, 0.4) is 0 Å². The minimum absolute atomic E-state index is 0.566. The van der Waals surface area contributed by atoms with Crippen LogP contribution >= 0.6 is 0 Å². The summed E-state index contributed by atoms with van der Waals surface area (Å²) in [6, 6.07) is 8.03. The molecule has 0 aliphatic carbocycles. The minimum Gasteiger partial charge on any atom is -0.494 e. The van der Waals surface area contributed by atoms with E-state index in [0.29, 0.717) is 6.54 Å². The van der Waals surface area contributed by atoms with Crippen LogP contribution in [0.25, 0.3) is 0 Å². The molecule has 3 heteroatoms. The van der Waals surface area contributed by atoms with E-state index in [-0.39, 0.29) is 0 Å². The molecule has 2 rings (SSSR count). The molecule has 0 saturated carbocycles. The Labute approximate surface area is 116 Å². The van der Waals surface area contributed by atoms with Crippen molar-refractivity contribution in [2.75, 3.05) is 26.2 Å². The van der Waals surface area contributed by atoms with Crippen molar-refractivity contribution in [2.24, 2.45) is 5.73 Å². The molecule has 0 atom stereocenters. The second-order valence-corrected chi connectivity index (χ2v) is 5.15. The molecule has 0 radical (unpaired) electrons. The molecule has 0 bridgehead atoms. The summed E-state index contributed by atoms with van der Waals surface area (Å²) in [5, 5.41) is 0. The Morgan fingerprint density at radius 3 is 3.00 bits per heavy atom. The summed E-state index contributed by atoms with van der Waals surface area (Å²) >= 11 is 0. The number of rotatable bonds is 6. The number of ether oxygens (including phenoxy) is 1. The fourth-order valence-corrected chi connectivity index (χ4v) is 2.26. The van der Waals surface area contributed by atoms with Gasteiger partial charge >= 0.3 is 0 Å². The predicted molar refractivity (Wildman–Crippen MR) is 79.3 cm³/mol. The monoisotopic (exact) mass is 260 g/mol. The van der Waals surface area contributed by atoms with Crippen LogP contribution in [0.15, 0.2) is 35.9 Å². The van der Waals surface area contributed by atoms with Gasteiger partial charge in [-0.05, 0) is 37.5 Å². The summed E-state index contributed by atoms with van der Waals surface area (Å²) < 4.78 is 5.76. The molecule has 104 valence electrons. The van der Waals surface area contributed by atoms with E-state index in [1.54, 1.807) is 0 Å². The Bertz CT molecular complexity index is 429. The van der Waals surface area contributed by atoms with Crippen LogP contribution in [0, 0.1) is 0 Å². The van der Waals surface area contributed by atoms with E-state index in [4.69, 9.17) is 10.5 Å². The molecule has 1 aromatic rings. The summed E-state index contributed by atoms with van der Waals surface area (Å²) in [5.41, 5.74) is 8.25. The van der Waals surface area contributed by atoms with Gasteiger partial charge in [-0.1, -0.05) is 23.8 Å². The zero-order valence-corrected chi connectivity index (χ0v) is 11.8. The Morgan fingerprint density at radius 2 is 2.26 bits per heavy atom. The van der Waals surface area contributed by atoms with Gasteiger partial charge in [-0.3, -0.25) is 4.90 Å². The average Bonchev–Trinajstić information content (AvgIpc) is 2.46. The van der Waals surface area contributed by atoms with Crippen LogP contribution in [-0.2, 0) is 6.54 Å². The lowest BCUT2D eigenvalue weighted by Crippen LogP contribution is -2.30. The maximum Gasteiger partial charge on any atom is 0.119 e. The standard InChI is InChI=1S/C16H24N2O/c1-14-6-9-18(10-7-14)8-3-11-19-16-5-2-4-15(12-16)13-17/h2,4-6,12H,3,7-11,13,17H2,1H3. The molecule has 19 heavy (non-hydrogen) atoms. The van der Waals surface area contributed by atoms with Gasteiger partial charge in [0.15, 0.2) is 0 Å². The Hall–Kier alpha value is -1.32. The lowest BCUT2D eigenvalue weighted by molar-refractivity contribution is 0.245. The van der Waals surface area contributed by atoms with Crippen molar-refractivity contribution in [1.29, 1.82) is 0 Å². The maximum atomic E-state index is 5.76. The minimum atomic E-state index is 0.566. The van der Waals surface area contributed by atoms with Gasteiger partial charge in [-0.2, -0.15) is 0 Å². The van der Waals surface area contributed by atoms with Crippen molar-refractivity contribution < 1.29 is 4.74 Å². The van der Waals surface area contributed by atoms with Crippen molar-refractivity contribution in [3.63, 3.8) is 0 Å². The summed E-state index contributed by atoms with van der Waals surface area (Å²) in [4.78, 5) is 2.48. The van der Waals surface area contributed by atoms with Crippen LogP contribution in [0.1, 0.15) is 25.3 Å². The lowest BCUT2D eigenvalue weighted by atomic mass is 10.1. The van der Waals surface area contributed by atoms with Crippen molar-refractivity contribution in [2.45, 2.75) is 26.3 Å². The number of hydrogen-bond donors (Lipinski definition) is 1. The summed E-state index contributed by atoms with van der Waals surface area (Å²) in [7, 11) is 0. The topological polar surface area (TPSA) is 38.5 Å². The van der Waals surface area contributed by atoms with Gasteiger partial charge in [0.2, 0.25) is 0 Å². The van der Waals surface area contributed by atoms with Crippen LogP contribution in [0.2, 0.25) is 0 Å².